The zero-order valence-electron chi connectivity index (χ0n) is 14.0. The normalized spacial score (nSPS) is 13.8. The van der Waals surface area contributed by atoms with Gasteiger partial charge in [-0.05, 0) is 60.2 Å². The topological polar surface area (TPSA) is 45.2 Å². The van der Waals surface area contributed by atoms with Gasteiger partial charge >= 0.3 is 0 Å². The van der Waals surface area contributed by atoms with E-state index in [-0.39, 0.29) is 5.91 Å². The number of hydrogen-bond donors (Lipinski definition) is 1. The molecule has 1 aliphatic heterocycles. The molecule has 2 aromatic rings. The number of amides is 1. The Kier molecular flexibility index (Phi) is 5.26. The summed E-state index contributed by atoms with van der Waals surface area (Å²) in [5, 5.41) is 2.91. The van der Waals surface area contributed by atoms with Crippen LogP contribution in [0.3, 0.4) is 0 Å². The predicted octanol–water partition coefficient (Wildman–Crippen LogP) is 2.84. The van der Waals surface area contributed by atoms with E-state index in [0.717, 1.165) is 30.5 Å². The summed E-state index contributed by atoms with van der Waals surface area (Å²) in [7, 11) is 2.13. The van der Waals surface area contributed by atoms with Crippen molar-refractivity contribution in [2.24, 2.45) is 0 Å². The molecule has 0 spiro atoms. The van der Waals surface area contributed by atoms with E-state index in [1.807, 2.05) is 24.4 Å². The Hall–Kier alpha value is -2.62. The molecule has 1 amide bonds. The van der Waals surface area contributed by atoms with Gasteiger partial charge in [-0.3, -0.25) is 9.78 Å². The number of aromatic nitrogens is 1. The molecule has 3 rings (SSSR count). The molecule has 0 atom stereocenters. The summed E-state index contributed by atoms with van der Waals surface area (Å²) in [6.45, 7) is 1.73. The minimum absolute atomic E-state index is 0.0614. The first-order valence-electron chi connectivity index (χ1n) is 8.41. The van der Waals surface area contributed by atoms with Crippen molar-refractivity contribution in [3.8, 4) is 0 Å². The van der Waals surface area contributed by atoms with Gasteiger partial charge in [0.05, 0.1) is 0 Å². The minimum Gasteiger partial charge on any atom is -0.374 e. The highest BCUT2D eigenvalue weighted by Gasteiger charge is 2.12. The van der Waals surface area contributed by atoms with Crippen LogP contribution in [0.15, 0.2) is 48.8 Å². The molecule has 0 bridgehead atoms. The van der Waals surface area contributed by atoms with Crippen molar-refractivity contribution in [3.63, 3.8) is 0 Å². The summed E-state index contributed by atoms with van der Waals surface area (Å²) >= 11 is 0. The van der Waals surface area contributed by atoms with Gasteiger partial charge in [0.15, 0.2) is 0 Å². The van der Waals surface area contributed by atoms with E-state index < -0.39 is 0 Å². The SMILES string of the molecule is CN1CCCc2cc(C=CC(=O)NCCc3cccnc3)ccc21. The lowest BCUT2D eigenvalue weighted by Gasteiger charge is -2.27. The standard InChI is InChI=1S/C20H23N3O/c1-23-13-3-5-18-14-16(6-8-19(18)23)7-9-20(24)22-12-10-17-4-2-11-21-15-17/h2,4,6-9,11,14-15H,3,5,10,12-13H2,1H3,(H,22,24). The quantitative estimate of drug-likeness (QED) is 0.861. The van der Waals surface area contributed by atoms with Crippen molar-refractivity contribution in [2.75, 3.05) is 25.0 Å². The molecule has 1 N–H and O–H groups in total. The predicted molar refractivity (Wildman–Crippen MR) is 98.0 cm³/mol. The molecule has 1 aromatic heterocycles. The highest BCUT2D eigenvalue weighted by molar-refractivity contribution is 5.91. The molecule has 0 saturated carbocycles. The lowest BCUT2D eigenvalue weighted by atomic mass is 9.99. The maximum Gasteiger partial charge on any atom is 0.244 e. The minimum atomic E-state index is -0.0614. The fraction of sp³-hybridized carbons (Fsp3) is 0.300. The number of carbonyl (C=O) groups excluding carboxylic acids is 1. The van der Waals surface area contributed by atoms with Gasteiger partial charge in [0.2, 0.25) is 5.91 Å². The third kappa shape index (κ3) is 4.22. The number of aryl methyl sites for hydroxylation is 1. The van der Waals surface area contributed by atoms with E-state index >= 15 is 0 Å². The van der Waals surface area contributed by atoms with E-state index in [0.29, 0.717) is 6.54 Å². The Morgan fingerprint density at radius 3 is 3.12 bits per heavy atom. The lowest BCUT2D eigenvalue weighted by Crippen LogP contribution is -2.24. The number of nitrogens with one attached hydrogen (secondary N) is 1. The van der Waals surface area contributed by atoms with Gasteiger partial charge in [0, 0.05) is 44.3 Å². The monoisotopic (exact) mass is 321 g/mol. The molecule has 0 unspecified atom stereocenters. The maximum atomic E-state index is 11.9. The van der Waals surface area contributed by atoms with Crippen LogP contribution in [-0.4, -0.2) is 31.0 Å². The van der Waals surface area contributed by atoms with Crippen LogP contribution in [0.1, 0.15) is 23.1 Å². The van der Waals surface area contributed by atoms with Crippen LogP contribution in [-0.2, 0) is 17.6 Å². The molecule has 1 aliphatic rings. The van der Waals surface area contributed by atoms with Gasteiger partial charge in [-0.25, -0.2) is 0 Å². The summed E-state index contributed by atoms with van der Waals surface area (Å²) in [5.74, 6) is -0.0614. The van der Waals surface area contributed by atoms with Crippen molar-refractivity contribution in [1.29, 1.82) is 0 Å². The second-order valence-corrected chi connectivity index (χ2v) is 6.15. The van der Waals surface area contributed by atoms with Crippen molar-refractivity contribution < 1.29 is 4.79 Å². The second-order valence-electron chi connectivity index (χ2n) is 6.15. The number of pyridine rings is 1. The van der Waals surface area contributed by atoms with Crippen molar-refractivity contribution in [2.45, 2.75) is 19.3 Å². The van der Waals surface area contributed by atoms with Gasteiger partial charge in [-0.1, -0.05) is 12.1 Å². The number of benzene rings is 1. The third-order valence-corrected chi connectivity index (χ3v) is 4.32. The summed E-state index contributed by atoms with van der Waals surface area (Å²) in [6.07, 6.45) is 10.2. The van der Waals surface area contributed by atoms with Crippen molar-refractivity contribution in [1.82, 2.24) is 10.3 Å². The summed E-state index contributed by atoms with van der Waals surface area (Å²) in [5.41, 5.74) is 4.87. The summed E-state index contributed by atoms with van der Waals surface area (Å²) in [4.78, 5) is 18.3. The molecule has 4 nitrogen and oxygen atoms in total. The van der Waals surface area contributed by atoms with E-state index in [1.165, 1.54) is 17.7 Å². The van der Waals surface area contributed by atoms with E-state index in [9.17, 15) is 4.79 Å². The number of fused-ring (bicyclic) bond motifs is 1. The molecule has 0 fully saturated rings. The molecule has 0 radical (unpaired) electrons. The average Bonchev–Trinajstić information content (AvgIpc) is 2.61. The largest absolute Gasteiger partial charge is 0.374 e. The maximum absolute atomic E-state index is 11.9. The Labute approximate surface area is 143 Å². The molecule has 4 heteroatoms. The Morgan fingerprint density at radius 1 is 1.38 bits per heavy atom. The number of hydrogen-bond acceptors (Lipinski definition) is 3. The van der Waals surface area contributed by atoms with E-state index in [1.54, 1.807) is 12.3 Å². The zero-order chi connectivity index (χ0) is 16.8. The van der Waals surface area contributed by atoms with Gasteiger partial charge < -0.3 is 10.2 Å². The van der Waals surface area contributed by atoms with Crippen molar-refractivity contribution >= 4 is 17.7 Å². The van der Waals surface area contributed by atoms with Crippen LogP contribution in [0.5, 0.6) is 0 Å². The first kappa shape index (κ1) is 16.2. The fourth-order valence-electron chi connectivity index (χ4n) is 3.02. The number of anilines is 1. The van der Waals surface area contributed by atoms with Crippen LogP contribution in [0.25, 0.3) is 6.08 Å². The fourth-order valence-corrected chi connectivity index (χ4v) is 3.02. The summed E-state index contributed by atoms with van der Waals surface area (Å²) < 4.78 is 0. The molecular weight excluding hydrogens is 298 g/mol. The van der Waals surface area contributed by atoms with Crippen LogP contribution >= 0.6 is 0 Å². The van der Waals surface area contributed by atoms with Gasteiger partial charge in [-0.15, -0.1) is 0 Å². The zero-order valence-corrected chi connectivity index (χ0v) is 14.0. The highest BCUT2D eigenvalue weighted by Crippen LogP contribution is 2.27. The average molecular weight is 321 g/mol. The number of nitrogens with zero attached hydrogens (tertiary/aromatic N) is 2. The van der Waals surface area contributed by atoms with Crippen LogP contribution in [0, 0.1) is 0 Å². The van der Waals surface area contributed by atoms with Gasteiger partial charge in [0.25, 0.3) is 0 Å². The van der Waals surface area contributed by atoms with Gasteiger partial charge in [-0.2, -0.15) is 0 Å². The first-order valence-corrected chi connectivity index (χ1v) is 8.41. The molecular formula is C20H23N3O. The number of carbonyl (C=O) groups is 1. The van der Waals surface area contributed by atoms with Crippen LogP contribution in [0.2, 0.25) is 0 Å². The molecule has 2 heterocycles. The van der Waals surface area contributed by atoms with E-state index in [4.69, 9.17) is 0 Å². The molecule has 124 valence electrons. The molecule has 24 heavy (non-hydrogen) atoms. The van der Waals surface area contributed by atoms with Gasteiger partial charge in [0.1, 0.15) is 0 Å². The second kappa shape index (κ2) is 7.77. The smallest absolute Gasteiger partial charge is 0.244 e. The Bertz CT molecular complexity index is 725. The first-order chi connectivity index (χ1) is 11.7. The van der Waals surface area contributed by atoms with Crippen LogP contribution in [0.4, 0.5) is 5.69 Å². The number of rotatable bonds is 5. The third-order valence-electron chi connectivity index (χ3n) is 4.32. The van der Waals surface area contributed by atoms with Crippen LogP contribution < -0.4 is 10.2 Å². The van der Waals surface area contributed by atoms with E-state index in [2.05, 4.69) is 40.4 Å². The lowest BCUT2D eigenvalue weighted by molar-refractivity contribution is -0.116. The van der Waals surface area contributed by atoms with Crippen molar-refractivity contribution in [3.05, 3.63) is 65.5 Å². The molecule has 1 aromatic carbocycles. The Morgan fingerprint density at radius 2 is 2.29 bits per heavy atom. The highest BCUT2D eigenvalue weighted by atomic mass is 16.1. The molecule has 0 saturated heterocycles. The molecule has 0 aliphatic carbocycles. The Balaban J connectivity index is 1.52. The summed E-state index contributed by atoms with van der Waals surface area (Å²) in [6, 6.07) is 10.3.